The largest absolute Gasteiger partial charge is 0.465 e. The maximum absolute atomic E-state index is 13.2. The van der Waals surface area contributed by atoms with E-state index < -0.39 is 16.0 Å². The van der Waals surface area contributed by atoms with Gasteiger partial charge in [0, 0.05) is 26.2 Å². The van der Waals surface area contributed by atoms with Gasteiger partial charge in [0.1, 0.15) is 15.5 Å². The summed E-state index contributed by atoms with van der Waals surface area (Å²) < 4.78 is 32.7. The number of thiophene rings is 1. The molecule has 35 heavy (non-hydrogen) atoms. The first-order valence-corrected chi connectivity index (χ1v) is 13.4. The highest BCUT2D eigenvalue weighted by molar-refractivity contribution is 7.89. The number of methoxy groups -OCH3 is 1. The summed E-state index contributed by atoms with van der Waals surface area (Å²) in [5.41, 5.74) is 0.260. The number of piperazine rings is 1. The Bertz CT molecular complexity index is 1600. The molecule has 182 valence electrons. The highest BCUT2D eigenvalue weighted by Crippen LogP contribution is 2.28. The molecule has 0 bridgehead atoms. The van der Waals surface area contributed by atoms with Crippen LogP contribution in [-0.2, 0) is 21.3 Å². The van der Waals surface area contributed by atoms with E-state index in [4.69, 9.17) is 4.74 Å². The first kappa shape index (κ1) is 23.6. The number of ether oxygens (including phenoxy) is 1. The number of carbonyl (C=O) groups is 1. The molecule has 9 nitrogen and oxygen atoms in total. The fourth-order valence-corrected chi connectivity index (χ4v) is 6.94. The van der Waals surface area contributed by atoms with Gasteiger partial charge < -0.3 is 9.72 Å². The van der Waals surface area contributed by atoms with Crippen LogP contribution in [0.3, 0.4) is 0 Å². The molecule has 0 atom stereocenters. The van der Waals surface area contributed by atoms with Crippen LogP contribution in [-0.4, -0.2) is 66.8 Å². The minimum Gasteiger partial charge on any atom is -0.465 e. The second-order valence-electron chi connectivity index (χ2n) is 8.43. The average Bonchev–Trinajstić information content (AvgIpc) is 3.20. The maximum Gasteiger partial charge on any atom is 0.348 e. The third kappa shape index (κ3) is 4.36. The lowest BCUT2D eigenvalue weighted by molar-refractivity contribution is 0.0605. The van der Waals surface area contributed by atoms with Crippen molar-refractivity contribution < 1.29 is 17.9 Å². The standard InChI is InChI=1S/C24H24N4O5S2/c1-15-20-22(29)25-19(26-23(20)34-21(15)24(30)33-2)14-27-9-11-28(12-10-27)35(31,32)18-8-7-16-5-3-4-6-17(16)13-18/h3-8,13H,9-12,14H2,1-2H3,(H,25,26,29). The van der Waals surface area contributed by atoms with E-state index in [0.717, 1.165) is 22.1 Å². The van der Waals surface area contributed by atoms with E-state index in [0.29, 0.717) is 59.2 Å². The van der Waals surface area contributed by atoms with Crippen molar-refractivity contribution in [1.29, 1.82) is 0 Å². The highest BCUT2D eigenvalue weighted by Gasteiger charge is 2.29. The third-order valence-electron chi connectivity index (χ3n) is 6.28. The van der Waals surface area contributed by atoms with E-state index in [-0.39, 0.29) is 10.5 Å². The van der Waals surface area contributed by atoms with E-state index in [9.17, 15) is 18.0 Å². The van der Waals surface area contributed by atoms with Crippen molar-refractivity contribution in [2.24, 2.45) is 0 Å². The molecule has 3 heterocycles. The number of hydrogen-bond acceptors (Lipinski definition) is 8. The minimum absolute atomic E-state index is 0.288. The Morgan fingerprint density at radius 3 is 2.54 bits per heavy atom. The lowest BCUT2D eigenvalue weighted by atomic mass is 10.1. The molecule has 11 heteroatoms. The summed E-state index contributed by atoms with van der Waals surface area (Å²) in [6.07, 6.45) is 0. The quantitative estimate of drug-likeness (QED) is 0.409. The summed E-state index contributed by atoms with van der Waals surface area (Å²) in [4.78, 5) is 35.2. The average molecular weight is 513 g/mol. The van der Waals surface area contributed by atoms with Crippen LogP contribution in [0.4, 0.5) is 0 Å². The number of aromatic amines is 1. The molecule has 5 rings (SSSR count). The molecule has 0 aliphatic carbocycles. The molecule has 1 saturated heterocycles. The van der Waals surface area contributed by atoms with Crippen molar-refractivity contribution in [2.75, 3.05) is 33.3 Å². The number of fused-ring (bicyclic) bond motifs is 2. The second-order valence-corrected chi connectivity index (χ2v) is 11.4. The summed E-state index contributed by atoms with van der Waals surface area (Å²) in [5, 5.41) is 2.27. The number of H-pyrrole nitrogens is 1. The SMILES string of the molecule is COC(=O)c1sc2nc(CN3CCN(S(=O)(=O)c4ccc5ccccc5c4)CC3)[nH]c(=O)c2c1C. The van der Waals surface area contributed by atoms with Crippen LogP contribution in [0, 0.1) is 6.92 Å². The molecule has 0 radical (unpaired) electrons. The van der Waals surface area contributed by atoms with E-state index >= 15 is 0 Å². The van der Waals surface area contributed by atoms with Crippen molar-refractivity contribution in [2.45, 2.75) is 18.4 Å². The summed E-state index contributed by atoms with van der Waals surface area (Å²) in [6, 6.07) is 12.9. The van der Waals surface area contributed by atoms with Crippen molar-refractivity contribution in [3.8, 4) is 0 Å². The zero-order valence-corrected chi connectivity index (χ0v) is 20.9. The summed E-state index contributed by atoms with van der Waals surface area (Å²) in [6.45, 7) is 3.77. The van der Waals surface area contributed by atoms with Crippen molar-refractivity contribution >= 4 is 48.3 Å². The monoisotopic (exact) mass is 512 g/mol. The van der Waals surface area contributed by atoms with E-state index in [1.54, 1.807) is 19.1 Å². The summed E-state index contributed by atoms with van der Waals surface area (Å²) in [5.74, 6) is -0.0128. The molecular weight excluding hydrogens is 488 g/mol. The number of nitrogens with one attached hydrogen (secondary N) is 1. The van der Waals surface area contributed by atoms with Crippen LogP contribution in [0.15, 0.2) is 52.2 Å². The molecule has 0 unspecified atom stereocenters. The first-order chi connectivity index (χ1) is 16.8. The molecule has 2 aromatic heterocycles. The molecule has 0 spiro atoms. The molecule has 1 aliphatic rings. The Kier molecular flexibility index (Phi) is 6.18. The van der Waals surface area contributed by atoms with Gasteiger partial charge in [-0.2, -0.15) is 4.31 Å². The van der Waals surface area contributed by atoms with Crippen LogP contribution in [0.25, 0.3) is 21.0 Å². The Morgan fingerprint density at radius 1 is 1.11 bits per heavy atom. The normalized spacial score (nSPS) is 15.6. The molecule has 1 fully saturated rings. The minimum atomic E-state index is -3.61. The number of carbonyl (C=O) groups excluding carboxylic acids is 1. The lowest BCUT2D eigenvalue weighted by Crippen LogP contribution is -2.48. The van der Waals surface area contributed by atoms with Crippen LogP contribution in [0.1, 0.15) is 21.1 Å². The zero-order valence-electron chi connectivity index (χ0n) is 19.3. The van der Waals surface area contributed by atoms with Gasteiger partial charge in [-0.3, -0.25) is 9.69 Å². The van der Waals surface area contributed by atoms with Gasteiger partial charge in [-0.1, -0.05) is 30.3 Å². The van der Waals surface area contributed by atoms with Gasteiger partial charge in [0.2, 0.25) is 10.0 Å². The number of nitrogens with zero attached hydrogens (tertiary/aromatic N) is 3. The Balaban J connectivity index is 1.30. The third-order valence-corrected chi connectivity index (χ3v) is 9.34. The number of aromatic nitrogens is 2. The van der Waals surface area contributed by atoms with Crippen LogP contribution in [0.5, 0.6) is 0 Å². The van der Waals surface area contributed by atoms with Crippen molar-refractivity contribution in [1.82, 2.24) is 19.2 Å². The van der Waals surface area contributed by atoms with E-state index in [1.807, 2.05) is 30.3 Å². The Labute approximate surface area is 206 Å². The predicted octanol–water partition coefficient (Wildman–Crippen LogP) is 2.74. The number of esters is 1. The summed E-state index contributed by atoms with van der Waals surface area (Å²) >= 11 is 1.14. The number of sulfonamides is 1. The highest BCUT2D eigenvalue weighted by atomic mass is 32.2. The van der Waals surface area contributed by atoms with Crippen LogP contribution >= 0.6 is 11.3 Å². The fourth-order valence-electron chi connectivity index (χ4n) is 4.37. The Morgan fingerprint density at radius 2 is 1.83 bits per heavy atom. The summed E-state index contributed by atoms with van der Waals surface area (Å²) in [7, 11) is -2.31. The molecule has 1 aliphatic heterocycles. The van der Waals surface area contributed by atoms with Gasteiger partial charge in [-0.15, -0.1) is 11.3 Å². The first-order valence-electron chi connectivity index (χ1n) is 11.1. The topological polar surface area (TPSA) is 113 Å². The smallest absolute Gasteiger partial charge is 0.348 e. The number of rotatable bonds is 5. The number of hydrogen-bond donors (Lipinski definition) is 1. The predicted molar refractivity (Wildman–Crippen MR) is 134 cm³/mol. The van der Waals surface area contributed by atoms with Gasteiger partial charge >= 0.3 is 5.97 Å². The lowest BCUT2D eigenvalue weighted by Gasteiger charge is -2.33. The molecule has 1 N–H and O–H groups in total. The van der Waals surface area contributed by atoms with Gasteiger partial charge in [0.25, 0.3) is 5.56 Å². The number of benzene rings is 2. The van der Waals surface area contributed by atoms with E-state index in [2.05, 4.69) is 14.9 Å². The number of aryl methyl sites for hydroxylation is 1. The van der Waals surface area contributed by atoms with Crippen molar-refractivity contribution in [3.63, 3.8) is 0 Å². The van der Waals surface area contributed by atoms with Crippen molar-refractivity contribution in [3.05, 3.63) is 69.1 Å². The molecule has 4 aromatic rings. The molecule has 0 saturated carbocycles. The molecule has 2 aromatic carbocycles. The Hall–Kier alpha value is -3.12. The van der Waals surface area contributed by atoms with Gasteiger partial charge in [-0.05, 0) is 35.4 Å². The second kappa shape index (κ2) is 9.15. The van der Waals surface area contributed by atoms with Gasteiger partial charge in [0.05, 0.1) is 23.9 Å². The molecular formula is C24H24N4O5S2. The van der Waals surface area contributed by atoms with Gasteiger partial charge in [-0.25, -0.2) is 18.2 Å². The molecule has 0 amide bonds. The zero-order chi connectivity index (χ0) is 24.7. The van der Waals surface area contributed by atoms with E-state index in [1.165, 1.54) is 11.4 Å². The fraction of sp³-hybridized carbons (Fsp3) is 0.292. The van der Waals surface area contributed by atoms with Gasteiger partial charge in [0.15, 0.2) is 0 Å². The van der Waals surface area contributed by atoms with Crippen LogP contribution in [0.2, 0.25) is 0 Å². The van der Waals surface area contributed by atoms with Crippen LogP contribution < -0.4 is 5.56 Å². The maximum atomic E-state index is 13.2.